The van der Waals surface area contributed by atoms with Crippen molar-refractivity contribution in [1.29, 1.82) is 0 Å². The van der Waals surface area contributed by atoms with Crippen molar-refractivity contribution < 1.29 is 27.5 Å². The number of rotatable bonds is 10. The standard InChI is InChI=1S/C18H23N3O6S2/c1-4-27-18(23)16-12-28-17(20-16)11-21(9-10-26-3)29(24,25)15-7-5-14(6-8-15)19-13(2)22/h5-8,12H,4,9-11H2,1-3H3,(H,19,22). The molecule has 0 atom stereocenters. The van der Waals surface area contributed by atoms with E-state index in [1.807, 2.05) is 0 Å². The molecule has 1 aromatic heterocycles. The van der Waals surface area contributed by atoms with E-state index in [1.54, 1.807) is 6.92 Å². The third kappa shape index (κ3) is 6.32. The summed E-state index contributed by atoms with van der Waals surface area (Å²) < 4.78 is 37.4. The molecule has 1 aromatic carbocycles. The molecule has 0 aliphatic heterocycles. The molecule has 0 spiro atoms. The zero-order valence-corrected chi connectivity index (χ0v) is 18.0. The molecule has 9 nitrogen and oxygen atoms in total. The van der Waals surface area contributed by atoms with Gasteiger partial charge in [-0.15, -0.1) is 11.3 Å². The smallest absolute Gasteiger partial charge is 0.357 e. The van der Waals surface area contributed by atoms with Crippen LogP contribution >= 0.6 is 11.3 Å². The van der Waals surface area contributed by atoms with Crippen molar-refractivity contribution in [3.8, 4) is 0 Å². The molecule has 0 bridgehead atoms. The fourth-order valence-electron chi connectivity index (χ4n) is 2.37. The number of amides is 1. The van der Waals surface area contributed by atoms with Crippen LogP contribution in [-0.4, -0.2) is 56.5 Å². The number of ether oxygens (including phenoxy) is 2. The third-order valence-corrected chi connectivity index (χ3v) is 6.40. The van der Waals surface area contributed by atoms with Crippen molar-refractivity contribution in [2.24, 2.45) is 0 Å². The van der Waals surface area contributed by atoms with E-state index in [4.69, 9.17) is 9.47 Å². The molecule has 0 fully saturated rings. The van der Waals surface area contributed by atoms with Crippen molar-refractivity contribution in [3.05, 3.63) is 40.3 Å². The van der Waals surface area contributed by atoms with Crippen LogP contribution in [0.3, 0.4) is 0 Å². The van der Waals surface area contributed by atoms with E-state index in [0.717, 1.165) is 0 Å². The molecule has 1 amide bonds. The van der Waals surface area contributed by atoms with Crippen molar-refractivity contribution in [2.45, 2.75) is 25.3 Å². The van der Waals surface area contributed by atoms with Gasteiger partial charge in [-0.1, -0.05) is 0 Å². The zero-order chi connectivity index (χ0) is 21.4. The number of sulfonamides is 1. The van der Waals surface area contributed by atoms with Crippen LogP contribution in [0.25, 0.3) is 0 Å². The van der Waals surface area contributed by atoms with Gasteiger partial charge in [0.1, 0.15) is 5.01 Å². The number of carbonyl (C=O) groups is 2. The predicted octanol–water partition coefficient (Wildman–Crippen LogP) is 2.12. The summed E-state index contributed by atoms with van der Waals surface area (Å²) in [5, 5.41) is 4.59. The summed E-state index contributed by atoms with van der Waals surface area (Å²) in [7, 11) is -2.37. The molecule has 0 radical (unpaired) electrons. The van der Waals surface area contributed by atoms with Gasteiger partial charge in [-0.3, -0.25) is 4.79 Å². The van der Waals surface area contributed by atoms with Gasteiger partial charge >= 0.3 is 5.97 Å². The second-order valence-corrected chi connectivity index (χ2v) is 8.76. The molecule has 2 aromatic rings. The van der Waals surface area contributed by atoms with Gasteiger partial charge < -0.3 is 14.8 Å². The molecule has 1 N–H and O–H groups in total. The fourth-order valence-corrected chi connectivity index (χ4v) is 4.62. The Morgan fingerprint density at radius 2 is 1.93 bits per heavy atom. The molecule has 0 aliphatic rings. The summed E-state index contributed by atoms with van der Waals surface area (Å²) in [6, 6.07) is 5.88. The first-order valence-corrected chi connectivity index (χ1v) is 11.1. The summed E-state index contributed by atoms with van der Waals surface area (Å²) >= 11 is 1.18. The van der Waals surface area contributed by atoms with Crippen molar-refractivity contribution in [3.63, 3.8) is 0 Å². The van der Waals surface area contributed by atoms with Crippen LogP contribution in [0.4, 0.5) is 5.69 Å². The maximum atomic E-state index is 13.1. The van der Waals surface area contributed by atoms with Gasteiger partial charge in [-0.05, 0) is 31.2 Å². The number of hydrogen-bond donors (Lipinski definition) is 1. The number of aromatic nitrogens is 1. The van der Waals surface area contributed by atoms with Crippen molar-refractivity contribution >= 4 is 38.9 Å². The van der Waals surface area contributed by atoms with Gasteiger partial charge in [0.25, 0.3) is 0 Å². The number of thiazole rings is 1. The minimum Gasteiger partial charge on any atom is -0.461 e. The van der Waals surface area contributed by atoms with E-state index in [-0.39, 0.29) is 42.8 Å². The topological polar surface area (TPSA) is 115 Å². The van der Waals surface area contributed by atoms with E-state index in [2.05, 4.69) is 10.3 Å². The highest BCUT2D eigenvalue weighted by molar-refractivity contribution is 7.89. The number of nitrogens with zero attached hydrogens (tertiary/aromatic N) is 2. The summed E-state index contributed by atoms with van der Waals surface area (Å²) in [6.45, 7) is 3.59. The summed E-state index contributed by atoms with van der Waals surface area (Å²) in [5.74, 6) is -0.793. The molecule has 29 heavy (non-hydrogen) atoms. The molecule has 1 heterocycles. The predicted molar refractivity (Wildman–Crippen MR) is 108 cm³/mol. The maximum absolute atomic E-state index is 13.1. The molecule has 0 saturated heterocycles. The van der Waals surface area contributed by atoms with E-state index in [9.17, 15) is 18.0 Å². The lowest BCUT2D eigenvalue weighted by atomic mass is 10.3. The lowest BCUT2D eigenvalue weighted by molar-refractivity contribution is -0.114. The normalized spacial score (nSPS) is 11.4. The Bertz CT molecular complexity index is 941. The molecule has 158 valence electrons. The number of benzene rings is 1. The van der Waals surface area contributed by atoms with E-state index < -0.39 is 16.0 Å². The Hall–Kier alpha value is -2.34. The van der Waals surface area contributed by atoms with E-state index in [1.165, 1.54) is 59.3 Å². The molecule has 11 heteroatoms. The van der Waals surface area contributed by atoms with Crippen molar-refractivity contribution in [1.82, 2.24) is 9.29 Å². The average Bonchev–Trinajstić information content (AvgIpc) is 3.14. The van der Waals surface area contributed by atoms with Crippen LogP contribution in [0.2, 0.25) is 0 Å². The molecular weight excluding hydrogens is 418 g/mol. The Morgan fingerprint density at radius 1 is 1.24 bits per heavy atom. The Balaban J connectivity index is 2.23. The Kier molecular flexibility index (Phi) is 8.26. The molecule has 0 aliphatic carbocycles. The largest absolute Gasteiger partial charge is 0.461 e. The summed E-state index contributed by atoms with van der Waals surface area (Å²) in [6.07, 6.45) is 0. The Labute approximate surface area is 173 Å². The van der Waals surface area contributed by atoms with Gasteiger partial charge in [0.2, 0.25) is 15.9 Å². The van der Waals surface area contributed by atoms with Crippen LogP contribution in [-0.2, 0) is 30.8 Å². The fraction of sp³-hybridized carbons (Fsp3) is 0.389. The van der Waals surface area contributed by atoms with Gasteiger partial charge in [0, 0.05) is 31.6 Å². The second-order valence-electron chi connectivity index (χ2n) is 5.88. The minimum atomic E-state index is -3.85. The third-order valence-electron chi connectivity index (χ3n) is 3.71. The second kappa shape index (κ2) is 10.4. The summed E-state index contributed by atoms with van der Waals surface area (Å²) in [4.78, 5) is 27.2. The zero-order valence-electron chi connectivity index (χ0n) is 16.4. The van der Waals surface area contributed by atoms with Crippen LogP contribution in [0, 0.1) is 0 Å². The average molecular weight is 442 g/mol. The molecular formula is C18H23N3O6S2. The van der Waals surface area contributed by atoms with Crippen LogP contribution in [0.15, 0.2) is 34.5 Å². The SMILES string of the molecule is CCOC(=O)c1csc(CN(CCOC)S(=O)(=O)c2ccc(NC(C)=O)cc2)n1. The number of esters is 1. The van der Waals surface area contributed by atoms with Gasteiger partial charge in [-0.25, -0.2) is 18.2 Å². The number of hydrogen-bond acceptors (Lipinski definition) is 8. The van der Waals surface area contributed by atoms with Crippen LogP contribution < -0.4 is 5.32 Å². The van der Waals surface area contributed by atoms with Crippen LogP contribution in [0.5, 0.6) is 0 Å². The van der Waals surface area contributed by atoms with Gasteiger partial charge in [-0.2, -0.15) is 4.31 Å². The highest BCUT2D eigenvalue weighted by Crippen LogP contribution is 2.22. The Morgan fingerprint density at radius 3 is 2.52 bits per heavy atom. The first kappa shape index (κ1) is 22.9. The quantitative estimate of drug-likeness (QED) is 0.562. The number of carbonyl (C=O) groups excluding carboxylic acids is 2. The van der Waals surface area contributed by atoms with E-state index >= 15 is 0 Å². The number of methoxy groups -OCH3 is 1. The molecule has 0 saturated carbocycles. The monoisotopic (exact) mass is 441 g/mol. The first-order chi connectivity index (χ1) is 13.8. The maximum Gasteiger partial charge on any atom is 0.357 e. The molecule has 0 unspecified atom stereocenters. The highest BCUT2D eigenvalue weighted by atomic mass is 32.2. The lowest BCUT2D eigenvalue weighted by Crippen LogP contribution is -2.33. The van der Waals surface area contributed by atoms with E-state index in [0.29, 0.717) is 10.7 Å². The summed E-state index contributed by atoms with van der Waals surface area (Å²) in [5.41, 5.74) is 0.648. The van der Waals surface area contributed by atoms with Gasteiger partial charge in [0.15, 0.2) is 5.69 Å². The number of anilines is 1. The highest BCUT2D eigenvalue weighted by Gasteiger charge is 2.26. The van der Waals surface area contributed by atoms with Crippen LogP contribution in [0.1, 0.15) is 29.3 Å². The first-order valence-electron chi connectivity index (χ1n) is 8.76. The van der Waals surface area contributed by atoms with Crippen molar-refractivity contribution in [2.75, 3.05) is 32.2 Å². The molecule has 2 rings (SSSR count). The number of nitrogens with one attached hydrogen (secondary N) is 1. The van der Waals surface area contributed by atoms with Gasteiger partial charge in [0.05, 0.1) is 24.7 Å². The lowest BCUT2D eigenvalue weighted by Gasteiger charge is -2.21. The minimum absolute atomic E-state index is 0.0107.